The maximum Gasteiger partial charge on any atom is 0.277 e. The van der Waals surface area contributed by atoms with Gasteiger partial charge in [-0.1, -0.05) is 0 Å². The van der Waals surface area contributed by atoms with Crippen molar-refractivity contribution in [2.45, 2.75) is 88.7 Å². The number of aliphatic hydroxyl groups excluding tert-OH is 10. The van der Waals surface area contributed by atoms with Crippen molar-refractivity contribution in [2.75, 3.05) is 45.1 Å². The molecule has 3 heterocycles. The summed E-state index contributed by atoms with van der Waals surface area (Å²) in [5.74, 6) is -0.165. The average molecular weight is 793 g/mol. The molecule has 0 radical (unpaired) electrons. The maximum absolute atomic E-state index is 13.3. The summed E-state index contributed by atoms with van der Waals surface area (Å²) >= 11 is 0. The van der Waals surface area contributed by atoms with Gasteiger partial charge in [0, 0.05) is 44.0 Å². The largest absolute Gasteiger partial charge is 0.394 e. The number of carbonyl (C=O) groups is 2. The summed E-state index contributed by atoms with van der Waals surface area (Å²) in [6, 6.07) is 6.88. The third-order valence-corrected chi connectivity index (χ3v) is 9.59. The molecule has 21 nitrogen and oxygen atoms in total. The van der Waals surface area contributed by atoms with Crippen LogP contribution in [0.15, 0.2) is 30.5 Å². The van der Waals surface area contributed by atoms with E-state index in [0.29, 0.717) is 29.8 Å². The Morgan fingerprint density at radius 3 is 2.04 bits per heavy atom. The van der Waals surface area contributed by atoms with E-state index >= 15 is 0 Å². The third-order valence-electron chi connectivity index (χ3n) is 9.59. The van der Waals surface area contributed by atoms with Crippen molar-refractivity contribution < 1.29 is 65.2 Å². The highest BCUT2D eigenvalue weighted by molar-refractivity contribution is 5.98. The maximum atomic E-state index is 13.3. The quantitative estimate of drug-likeness (QED) is 0.0262. The van der Waals surface area contributed by atoms with Gasteiger partial charge in [-0.3, -0.25) is 14.5 Å². The van der Waals surface area contributed by atoms with E-state index in [1.807, 2.05) is 23.0 Å². The molecule has 21 heteroatoms. The minimum absolute atomic E-state index is 0.00250. The summed E-state index contributed by atoms with van der Waals surface area (Å²) in [5, 5.41) is 105. The number of hydrogen-bond donors (Lipinski definition) is 14. The number of H-pyrrole nitrogens is 1. The second-order valence-corrected chi connectivity index (χ2v) is 13.4. The number of carbonyl (C=O) groups excluding carboxylic acids is 2. The first-order valence-electron chi connectivity index (χ1n) is 18.3. The molecule has 56 heavy (non-hydrogen) atoms. The monoisotopic (exact) mass is 792 g/mol. The molecular weight excluding hydrogens is 738 g/mol. The molecule has 0 spiro atoms. The van der Waals surface area contributed by atoms with Gasteiger partial charge < -0.3 is 72.4 Å². The number of aliphatic hydroxyl groups is 10. The molecule has 0 fully saturated rings. The number of anilines is 1. The molecule has 310 valence electrons. The highest BCUT2D eigenvalue weighted by Crippen LogP contribution is 2.19. The standard InChI is InChI=1S/C35H53N9O12/c1-3-43-20-7-6-18(12-21(20)44(4-2)26(43)13-39-35(56)27-32(36)41-33-19(40-27)8-10-37-33)34(55)38-9-5-11-42(14-22(47)28(51)30(53)24(49)16-45)15-23(48)29(52)31(54)25(50)17-46/h6-8,10,12,22-25,28-31,45-54H,3-5,9,11,13-17H2,1-2H3,(H4-,36,37,38,39,40,41,55,56)/p+1. The molecule has 2 amide bonds. The summed E-state index contributed by atoms with van der Waals surface area (Å²) in [4.78, 5) is 39.3. The molecule has 3 aromatic heterocycles. The number of aryl methyl sites for hydroxylation is 2. The van der Waals surface area contributed by atoms with Crippen molar-refractivity contribution in [1.29, 1.82) is 0 Å². The van der Waals surface area contributed by atoms with E-state index in [0.717, 1.165) is 16.9 Å². The Kier molecular flexibility index (Phi) is 16.0. The Bertz CT molecular complexity index is 1880. The number of nitrogen functional groups attached to an aromatic ring is 1. The molecule has 0 aliphatic heterocycles. The number of nitrogens with one attached hydrogen (secondary N) is 3. The first-order chi connectivity index (χ1) is 26.7. The molecule has 0 saturated carbocycles. The minimum atomic E-state index is -1.92. The van der Waals surface area contributed by atoms with Gasteiger partial charge in [-0.2, -0.15) is 0 Å². The van der Waals surface area contributed by atoms with Crippen LogP contribution < -0.4 is 20.9 Å². The Morgan fingerprint density at radius 1 is 0.857 bits per heavy atom. The highest BCUT2D eigenvalue weighted by Gasteiger charge is 2.34. The van der Waals surface area contributed by atoms with Crippen LogP contribution >= 0.6 is 0 Å². The molecule has 0 aliphatic carbocycles. The first-order valence-corrected chi connectivity index (χ1v) is 18.3. The summed E-state index contributed by atoms with van der Waals surface area (Å²) in [7, 11) is 0. The number of imidazole rings is 1. The van der Waals surface area contributed by atoms with E-state index in [1.165, 1.54) is 4.90 Å². The topological polar surface area (TPSA) is 340 Å². The zero-order chi connectivity index (χ0) is 41.3. The van der Waals surface area contributed by atoms with Crippen LogP contribution in [-0.4, -0.2) is 176 Å². The Labute approximate surface area is 321 Å². The lowest BCUT2D eigenvalue weighted by Crippen LogP contribution is -2.53. The summed E-state index contributed by atoms with van der Waals surface area (Å²) in [5.41, 5.74) is 8.88. The van der Waals surface area contributed by atoms with Crippen LogP contribution in [0.3, 0.4) is 0 Å². The van der Waals surface area contributed by atoms with Gasteiger partial charge >= 0.3 is 0 Å². The van der Waals surface area contributed by atoms with Crippen molar-refractivity contribution in [2.24, 2.45) is 0 Å². The molecule has 0 bridgehead atoms. The minimum Gasteiger partial charge on any atom is -0.394 e. The Balaban J connectivity index is 1.43. The molecule has 8 atom stereocenters. The molecule has 0 saturated heterocycles. The molecule has 8 unspecified atom stereocenters. The zero-order valence-electron chi connectivity index (χ0n) is 31.2. The lowest BCUT2D eigenvalue weighted by Gasteiger charge is -2.33. The highest BCUT2D eigenvalue weighted by atomic mass is 16.4. The van der Waals surface area contributed by atoms with Gasteiger partial charge in [-0.25, -0.2) is 19.1 Å². The molecule has 4 aromatic rings. The van der Waals surface area contributed by atoms with Crippen molar-refractivity contribution in [3.8, 4) is 0 Å². The van der Waals surface area contributed by atoms with Crippen LogP contribution in [0.25, 0.3) is 22.2 Å². The SMILES string of the molecule is CCn1c(CNC(=O)c2nc3cc[nH]c3nc2N)[n+](CC)c2ccc(C(=O)NCCCN(CC(O)C(O)C(O)C(O)CO)CC(O)C(O)C(O)C(O)CO)cc21. The second kappa shape index (κ2) is 20.2. The van der Waals surface area contributed by atoms with Crippen LogP contribution in [0.2, 0.25) is 0 Å². The van der Waals surface area contributed by atoms with E-state index in [4.69, 9.17) is 15.9 Å². The van der Waals surface area contributed by atoms with Gasteiger partial charge in [0.05, 0.1) is 38.5 Å². The number of rotatable bonds is 22. The molecule has 1 aromatic carbocycles. The van der Waals surface area contributed by atoms with Gasteiger partial charge in [0.25, 0.3) is 17.6 Å². The number of nitrogens with two attached hydrogens (primary N) is 1. The molecular formula is C35H54N9O12+. The van der Waals surface area contributed by atoms with Crippen LogP contribution in [0.5, 0.6) is 0 Å². The zero-order valence-corrected chi connectivity index (χ0v) is 31.2. The number of nitrogens with zero attached hydrogens (tertiary/aromatic N) is 5. The van der Waals surface area contributed by atoms with Gasteiger partial charge in [-0.05, 0) is 38.5 Å². The number of aromatic nitrogens is 5. The average Bonchev–Trinajstić information content (AvgIpc) is 3.79. The van der Waals surface area contributed by atoms with E-state index in [2.05, 4.69) is 25.6 Å². The molecule has 15 N–H and O–H groups in total. The van der Waals surface area contributed by atoms with Gasteiger partial charge in [-0.15, -0.1) is 0 Å². The first kappa shape index (κ1) is 44.3. The number of aromatic amines is 1. The Hall–Kier alpha value is -4.39. The van der Waals surface area contributed by atoms with E-state index in [-0.39, 0.29) is 37.6 Å². The summed E-state index contributed by atoms with van der Waals surface area (Å²) in [6.45, 7) is 2.57. The Morgan fingerprint density at radius 2 is 1.46 bits per heavy atom. The van der Waals surface area contributed by atoms with Gasteiger partial charge in [0.2, 0.25) is 0 Å². The fourth-order valence-corrected chi connectivity index (χ4v) is 6.46. The lowest BCUT2D eigenvalue weighted by molar-refractivity contribution is -0.676. The van der Waals surface area contributed by atoms with Gasteiger partial charge in [0.1, 0.15) is 48.7 Å². The van der Waals surface area contributed by atoms with Gasteiger partial charge in [0.15, 0.2) is 28.2 Å². The third kappa shape index (κ3) is 10.3. The van der Waals surface area contributed by atoms with Crippen molar-refractivity contribution in [1.82, 2.24) is 35.1 Å². The number of amides is 2. The fraction of sp³-hybridized carbons (Fsp3) is 0.571. The van der Waals surface area contributed by atoms with E-state index < -0.39 is 86.9 Å². The number of benzene rings is 1. The van der Waals surface area contributed by atoms with Crippen LogP contribution in [0, 0.1) is 0 Å². The van der Waals surface area contributed by atoms with Crippen LogP contribution in [0.4, 0.5) is 5.82 Å². The van der Waals surface area contributed by atoms with Crippen molar-refractivity contribution in [3.63, 3.8) is 0 Å². The van der Waals surface area contributed by atoms with E-state index in [9.17, 15) is 50.4 Å². The van der Waals surface area contributed by atoms with Crippen molar-refractivity contribution >= 4 is 39.8 Å². The number of hydrogen-bond acceptors (Lipinski definition) is 16. The second-order valence-electron chi connectivity index (χ2n) is 13.4. The lowest BCUT2D eigenvalue weighted by atomic mass is 10.0. The predicted octanol–water partition coefficient (Wildman–Crippen LogP) is -4.95. The smallest absolute Gasteiger partial charge is 0.277 e. The van der Waals surface area contributed by atoms with Crippen LogP contribution in [0.1, 0.15) is 46.9 Å². The predicted molar refractivity (Wildman–Crippen MR) is 199 cm³/mol. The van der Waals surface area contributed by atoms with E-state index in [1.54, 1.807) is 30.5 Å². The number of fused-ring (bicyclic) bond motifs is 2. The summed E-state index contributed by atoms with van der Waals surface area (Å²) in [6.07, 6.45) is -12.8. The molecule has 0 aliphatic rings. The normalized spacial score (nSPS) is 16.4. The van der Waals surface area contributed by atoms with Crippen molar-refractivity contribution in [3.05, 3.63) is 47.5 Å². The fourth-order valence-electron chi connectivity index (χ4n) is 6.46. The van der Waals surface area contributed by atoms with Crippen LogP contribution in [-0.2, 0) is 19.6 Å². The molecule has 4 rings (SSSR count). The summed E-state index contributed by atoms with van der Waals surface area (Å²) < 4.78 is 3.99.